The standard InChI is InChI=1S/C17H26N6O2/c1-12(2)9-15-21-16(25-22-15)11-23(4)17(24)20-8-7-19-14-5-6-18-10-13(14)3/h5-6,10,12H,7-9,11H2,1-4H3,(H,18,19)(H,20,24). The summed E-state index contributed by atoms with van der Waals surface area (Å²) in [5, 5.41) is 10.0. The van der Waals surface area contributed by atoms with Crippen molar-refractivity contribution >= 4 is 11.7 Å². The highest BCUT2D eigenvalue weighted by Gasteiger charge is 2.14. The lowest BCUT2D eigenvalue weighted by atomic mass is 10.1. The van der Waals surface area contributed by atoms with Gasteiger partial charge in [-0.25, -0.2) is 4.79 Å². The van der Waals surface area contributed by atoms with Crippen molar-refractivity contribution in [1.29, 1.82) is 0 Å². The van der Waals surface area contributed by atoms with E-state index < -0.39 is 0 Å². The molecule has 0 spiro atoms. The molecule has 0 saturated carbocycles. The van der Waals surface area contributed by atoms with Crippen LogP contribution >= 0.6 is 0 Å². The van der Waals surface area contributed by atoms with Crippen LogP contribution in [0.1, 0.15) is 31.1 Å². The molecule has 2 rings (SSSR count). The van der Waals surface area contributed by atoms with Crippen molar-refractivity contribution in [2.75, 3.05) is 25.5 Å². The van der Waals surface area contributed by atoms with Gasteiger partial charge in [0.25, 0.3) is 0 Å². The second-order valence-electron chi connectivity index (χ2n) is 6.41. The molecule has 2 N–H and O–H groups in total. The van der Waals surface area contributed by atoms with Gasteiger partial charge in [0.2, 0.25) is 5.89 Å². The van der Waals surface area contributed by atoms with Crippen molar-refractivity contribution in [3.8, 4) is 0 Å². The van der Waals surface area contributed by atoms with Gasteiger partial charge < -0.3 is 20.1 Å². The van der Waals surface area contributed by atoms with Gasteiger partial charge in [-0.3, -0.25) is 4.98 Å². The first-order valence-corrected chi connectivity index (χ1v) is 8.40. The number of aromatic nitrogens is 3. The zero-order valence-corrected chi connectivity index (χ0v) is 15.2. The minimum absolute atomic E-state index is 0.183. The summed E-state index contributed by atoms with van der Waals surface area (Å²) in [6.07, 6.45) is 4.30. The lowest BCUT2D eigenvalue weighted by Crippen LogP contribution is -2.39. The highest BCUT2D eigenvalue weighted by Crippen LogP contribution is 2.10. The molecule has 25 heavy (non-hydrogen) atoms. The molecular formula is C17H26N6O2. The van der Waals surface area contributed by atoms with Gasteiger partial charge in [0.15, 0.2) is 5.82 Å². The van der Waals surface area contributed by atoms with Gasteiger partial charge in [-0.2, -0.15) is 4.98 Å². The maximum atomic E-state index is 12.1. The lowest BCUT2D eigenvalue weighted by molar-refractivity contribution is 0.200. The Labute approximate surface area is 148 Å². The molecule has 136 valence electrons. The van der Waals surface area contributed by atoms with Crippen molar-refractivity contribution in [2.45, 2.75) is 33.7 Å². The van der Waals surface area contributed by atoms with E-state index in [9.17, 15) is 4.79 Å². The Hall–Kier alpha value is -2.64. The van der Waals surface area contributed by atoms with Crippen molar-refractivity contribution < 1.29 is 9.32 Å². The molecule has 0 aliphatic rings. The summed E-state index contributed by atoms with van der Waals surface area (Å²) in [4.78, 5) is 22.0. The number of anilines is 1. The fourth-order valence-electron chi connectivity index (χ4n) is 2.25. The van der Waals surface area contributed by atoms with E-state index in [0.717, 1.165) is 17.7 Å². The fraction of sp³-hybridized carbons (Fsp3) is 0.529. The quantitative estimate of drug-likeness (QED) is 0.712. The number of hydrogen-bond donors (Lipinski definition) is 2. The van der Waals surface area contributed by atoms with Crippen LogP contribution < -0.4 is 10.6 Å². The molecule has 2 heterocycles. The largest absolute Gasteiger partial charge is 0.383 e. The molecule has 0 radical (unpaired) electrons. The van der Waals surface area contributed by atoms with Gasteiger partial charge in [-0.15, -0.1) is 0 Å². The Morgan fingerprint density at radius 1 is 1.36 bits per heavy atom. The second-order valence-corrected chi connectivity index (χ2v) is 6.41. The number of nitrogens with one attached hydrogen (secondary N) is 2. The van der Waals surface area contributed by atoms with E-state index in [0.29, 0.717) is 30.7 Å². The number of hydrogen-bond acceptors (Lipinski definition) is 6. The summed E-state index contributed by atoms with van der Waals surface area (Å²) in [5.41, 5.74) is 2.08. The molecule has 8 heteroatoms. The van der Waals surface area contributed by atoms with Crippen molar-refractivity contribution in [3.05, 3.63) is 35.7 Å². The maximum absolute atomic E-state index is 12.1. The van der Waals surface area contributed by atoms with Crippen LogP contribution in [0.15, 0.2) is 23.0 Å². The number of pyridine rings is 1. The maximum Gasteiger partial charge on any atom is 0.317 e. The fourth-order valence-corrected chi connectivity index (χ4v) is 2.25. The topological polar surface area (TPSA) is 96.2 Å². The van der Waals surface area contributed by atoms with Gasteiger partial charge in [0.05, 0.1) is 0 Å². The summed E-state index contributed by atoms with van der Waals surface area (Å²) >= 11 is 0. The summed E-state index contributed by atoms with van der Waals surface area (Å²) in [6.45, 7) is 7.60. The number of carbonyl (C=O) groups excluding carboxylic acids is 1. The van der Waals surface area contributed by atoms with Crippen molar-refractivity contribution in [3.63, 3.8) is 0 Å². The average molecular weight is 346 g/mol. The van der Waals surface area contributed by atoms with Gasteiger partial charge >= 0.3 is 6.03 Å². The van der Waals surface area contributed by atoms with Gasteiger partial charge in [0, 0.05) is 44.6 Å². The summed E-state index contributed by atoms with van der Waals surface area (Å²) < 4.78 is 5.18. The molecule has 0 saturated heterocycles. The number of carbonyl (C=O) groups is 1. The number of amides is 2. The summed E-state index contributed by atoms with van der Waals surface area (Å²) in [7, 11) is 1.70. The molecule has 0 aliphatic heterocycles. The van der Waals surface area contributed by atoms with Crippen LogP contribution in [-0.4, -0.2) is 46.2 Å². The Kier molecular flexibility index (Phi) is 6.73. The number of nitrogens with zero attached hydrogens (tertiary/aromatic N) is 4. The molecule has 0 atom stereocenters. The van der Waals surface area contributed by atoms with E-state index in [4.69, 9.17) is 4.52 Å². The number of rotatable bonds is 8. The zero-order chi connectivity index (χ0) is 18.2. The first-order valence-electron chi connectivity index (χ1n) is 8.40. The van der Waals surface area contributed by atoms with E-state index in [1.54, 1.807) is 19.4 Å². The lowest BCUT2D eigenvalue weighted by Gasteiger charge is -2.16. The molecule has 0 aromatic carbocycles. The normalized spacial score (nSPS) is 10.8. The molecule has 2 aromatic heterocycles. The highest BCUT2D eigenvalue weighted by molar-refractivity contribution is 5.73. The van der Waals surface area contributed by atoms with Crippen LogP contribution in [-0.2, 0) is 13.0 Å². The van der Waals surface area contributed by atoms with E-state index in [1.165, 1.54) is 4.90 Å². The summed E-state index contributed by atoms with van der Waals surface area (Å²) in [5.74, 6) is 1.58. The molecule has 8 nitrogen and oxygen atoms in total. The predicted octanol–water partition coefficient (Wildman–Crippen LogP) is 2.23. The van der Waals surface area contributed by atoms with Gasteiger partial charge in [-0.1, -0.05) is 19.0 Å². The minimum Gasteiger partial charge on any atom is -0.383 e. The molecule has 2 aromatic rings. The molecule has 0 aliphatic carbocycles. The summed E-state index contributed by atoms with van der Waals surface area (Å²) in [6, 6.07) is 1.73. The van der Waals surface area contributed by atoms with Gasteiger partial charge in [0.1, 0.15) is 6.54 Å². The van der Waals surface area contributed by atoms with Crippen LogP contribution in [0.3, 0.4) is 0 Å². The number of aryl methyl sites for hydroxylation is 1. The average Bonchev–Trinajstić information content (AvgIpc) is 2.99. The Balaban J connectivity index is 1.71. The Bertz CT molecular complexity index is 685. The second kappa shape index (κ2) is 9.00. The van der Waals surface area contributed by atoms with E-state index in [1.807, 2.05) is 13.0 Å². The first kappa shape index (κ1) is 18.7. The molecule has 0 fully saturated rings. The molecule has 2 amide bonds. The third-order valence-corrected chi connectivity index (χ3v) is 3.56. The first-order chi connectivity index (χ1) is 12.0. The van der Waals surface area contributed by atoms with Crippen LogP contribution in [0.25, 0.3) is 0 Å². The highest BCUT2D eigenvalue weighted by atomic mass is 16.5. The van der Waals surface area contributed by atoms with E-state index >= 15 is 0 Å². The third-order valence-electron chi connectivity index (χ3n) is 3.56. The smallest absolute Gasteiger partial charge is 0.317 e. The van der Waals surface area contributed by atoms with Crippen LogP contribution in [0.5, 0.6) is 0 Å². The monoisotopic (exact) mass is 346 g/mol. The Morgan fingerprint density at radius 2 is 2.16 bits per heavy atom. The van der Waals surface area contributed by atoms with Crippen molar-refractivity contribution in [2.24, 2.45) is 5.92 Å². The molecule has 0 bridgehead atoms. The number of urea groups is 1. The van der Waals surface area contributed by atoms with Crippen LogP contribution in [0.2, 0.25) is 0 Å². The van der Waals surface area contributed by atoms with Crippen molar-refractivity contribution in [1.82, 2.24) is 25.3 Å². The van der Waals surface area contributed by atoms with Crippen LogP contribution in [0, 0.1) is 12.8 Å². The minimum atomic E-state index is -0.183. The zero-order valence-electron chi connectivity index (χ0n) is 15.2. The molecular weight excluding hydrogens is 320 g/mol. The van der Waals surface area contributed by atoms with E-state index in [-0.39, 0.29) is 12.6 Å². The predicted molar refractivity (Wildman–Crippen MR) is 95.2 cm³/mol. The van der Waals surface area contributed by atoms with Crippen LogP contribution in [0.4, 0.5) is 10.5 Å². The van der Waals surface area contributed by atoms with E-state index in [2.05, 4.69) is 39.6 Å². The van der Waals surface area contributed by atoms with Gasteiger partial charge in [-0.05, 0) is 24.5 Å². The molecule has 0 unspecified atom stereocenters. The SMILES string of the molecule is Cc1cnccc1NCCNC(=O)N(C)Cc1nc(CC(C)C)no1. The Morgan fingerprint density at radius 3 is 2.88 bits per heavy atom. The third kappa shape index (κ3) is 6.06.